The van der Waals surface area contributed by atoms with Crippen molar-refractivity contribution in [2.75, 3.05) is 7.11 Å². The number of carbonyl (C=O) groups is 2. The third kappa shape index (κ3) is 9.13. The molecule has 0 fully saturated rings. The number of unbranched alkanes of at least 4 members (excludes halogenated alkanes) is 2. The maximum atomic E-state index is 13.5. The Bertz CT molecular complexity index is 1220. The van der Waals surface area contributed by atoms with Crippen LogP contribution in [0, 0.1) is 0 Å². The Hall–Kier alpha value is -3.87. The Kier molecular flexibility index (Phi) is 10.9. The van der Waals surface area contributed by atoms with Gasteiger partial charge in [-0.15, -0.1) is 0 Å². The largest absolute Gasteiger partial charge is 0.467 e. The van der Waals surface area contributed by atoms with Gasteiger partial charge in [-0.2, -0.15) is 13.2 Å². The monoisotopic (exact) mass is 537 g/mol. The van der Waals surface area contributed by atoms with Crippen molar-refractivity contribution in [2.45, 2.75) is 57.8 Å². The average Bonchev–Trinajstić information content (AvgIpc) is 2.94. The highest BCUT2D eigenvalue weighted by Crippen LogP contribution is 2.29. The molecule has 0 aromatic heterocycles. The van der Waals surface area contributed by atoms with Gasteiger partial charge < -0.3 is 9.64 Å². The molecule has 1 amide bonds. The minimum atomic E-state index is -4.44. The first-order valence-electron chi connectivity index (χ1n) is 13.1. The van der Waals surface area contributed by atoms with E-state index in [1.54, 1.807) is 0 Å². The number of ether oxygens (including phenoxy) is 1. The van der Waals surface area contributed by atoms with Crippen LogP contribution in [-0.4, -0.2) is 29.9 Å². The summed E-state index contributed by atoms with van der Waals surface area (Å²) in [4.78, 5) is 27.9. The molecule has 3 aromatic carbocycles. The van der Waals surface area contributed by atoms with E-state index in [9.17, 15) is 22.8 Å². The van der Waals surface area contributed by atoms with Crippen LogP contribution in [0.4, 0.5) is 13.2 Å². The van der Waals surface area contributed by atoms with Gasteiger partial charge in [-0.3, -0.25) is 4.79 Å². The van der Waals surface area contributed by atoms with Crippen molar-refractivity contribution in [1.82, 2.24) is 4.90 Å². The highest BCUT2D eigenvalue weighted by atomic mass is 19.4. The lowest BCUT2D eigenvalue weighted by molar-refractivity contribution is -0.151. The van der Waals surface area contributed by atoms with Crippen LogP contribution in [0.3, 0.4) is 0 Å². The second kappa shape index (κ2) is 14.3. The molecule has 0 N–H and O–H groups in total. The maximum absolute atomic E-state index is 13.5. The highest BCUT2D eigenvalue weighted by Gasteiger charge is 2.31. The molecule has 39 heavy (non-hydrogen) atoms. The van der Waals surface area contributed by atoms with E-state index in [-0.39, 0.29) is 13.0 Å². The van der Waals surface area contributed by atoms with E-state index in [0.29, 0.717) is 5.56 Å². The number of nitrogens with zero attached hydrogens (tertiary/aromatic N) is 1. The molecular formula is C32H34F3NO3. The number of methoxy groups -OCH3 is 1. The van der Waals surface area contributed by atoms with Crippen LogP contribution in [0.2, 0.25) is 0 Å². The van der Waals surface area contributed by atoms with Crippen LogP contribution in [0.5, 0.6) is 0 Å². The molecule has 0 aliphatic carbocycles. The summed E-state index contributed by atoms with van der Waals surface area (Å²) in [5.74, 6) is -1.00. The van der Waals surface area contributed by atoms with Crippen molar-refractivity contribution in [3.8, 4) is 0 Å². The molecule has 4 nitrogen and oxygen atoms in total. The van der Waals surface area contributed by atoms with Crippen molar-refractivity contribution in [3.05, 3.63) is 113 Å². The summed E-state index contributed by atoms with van der Waals surface area (Å²) in [6.45, 7) is 2.33. The van der Waals surface area contributed by atoms with E-state index in [1.807, 2.05) is 54.6 Å². The first-order valence-corrected chi connectivity index (χ1v) is 13.1. The highest BCUT2D eigenvalue weighted by molar-refractivity contribution is 5.94. The first-order chi connectivity index (χ1) is 18.7. The third-order valence-electron chi connectivity index (χ3n) is 6.51. The number of alkyl halides is 3. The topological polar surface area (TPSA) is 46.6 Å². The minimum absolute atomic E-state index is 0.165. The fourth-order valence-electron chi connectivity index (χ4n) is 4.27. The SMILES string of the molecule is CCCCCc1ccc(CN(C(=O)C=Cc2ccc(C(F)(F)F)cc2)C(Cc2ccccc2)C(=O)OC)cc1. The number of hydrogen-bond donors (Lipinski definition) is 0. The Morgan fingerprint density at radius 3 is 2.10 bits per heavy atom. The lowest BCUT2D eigenvalue weighted by atomic mass is 10.0. The molecule has 3 aromatic rings. The van der Waals surface area contributed by atoms with Gasteiger partial charge in [0.2, 0.25) is 5.91 Å². The van der Waals surface area contributed by atoms with Gasteiger partial charge in [0, 0.05) is 19.0 Å². The summed E-state index contributed by atoms with van der Waals surface area (Å²) in [5.41, 5.74) is 2.60. The second-order valence-electron chi connectivity index (χ2n) is 9.42. The molecule has 0 spiro atoms. The molecule has 0 heterocycles. The zero-order chi connectivity index (χ0) is 28.3. The fraction of sp³-hybridized carbons (Fsp3) is 0.312. The van der Waals surface area contributed by atoms with Crippen molar-refractivity contribution in [1.29, 1.82) is 0 Å². The minimum Gasteiger partial charge on any atom is -0.467 e. The second-order valence-corrected chi connectivity index (χ2v) is 9.42. The Morgan fingerprint density at radius 2 is 1.51 bits per heavy atom. The van der Waals surface area contributed by atoms with Gasteiger partial charge in [-0.1, -0.05) is 86.5 Å². The lowest BCUT2D eigenvalue weighted by Gasteiger charge is -2.29. The fourth-order valence-corrected chi connectivity index (χ4v) is 4.27. The molecule has 1 atom stereocenters. The summed E-state index contributed by atoms with van der Waals surface area (Å²) in [6.07, 6.45) is 2.93. The molecule has 0 aliphatic rings. The molecule has 1 unspecified atom stereocenters. The number of benzene rings is 3. The summed E-state index contributed by atoms with van der Waals surface area (Å²) in [5, 5.41) is 0. The summed E-state index contributed by atoms with van der Waals surface area (Å²) in [6, 6.07) is 21.0. The van der Waals surface area contributed by atoms with Crippen LogP contribution in [-0.2, 0) is 39.9 Å². The van der Waals surface area contributed by atoms with Gasteiger partial charge >= 0.3 is 12.1 Å². The zero-order valence-corrected chi connectivity index (χ0v) is 22.3. The van der Waals surface area contributed by atoms with Crippen LogP contribution in [0.15, 0.2) is 84.9 Å². The predicted octanol–water partition coefficient (Wildman–Crippen LogP) is 7.26. The first kappa shape index (κ1) is 29.7. The van der Waals surface area contributed by atoms with Crippen LogP contribution >= 0.6 is 0 Å². The standard InChI is InChI=1S/C32H34F3NO3/c1-3-4-6-9-24-12-14-27(15-13-24)23-36(29(31(38)39-2)22-26-10-7-5-8-11-26)30(37)21-18-25-16-19-28(20-17-25)32(33,34)35/h5,7-8,10-21,29H,3-4,6,9,22-23H2,1-2H3. The van der Waals surface area contributed by atoms with Crippen LogP contribution in [0.25, 0.3) is 6.08 Å². The van der Waals surface area contributed by atoms with E-state index in [4.69, 9.17) is 4.74 Å². The predicted molar refractivity (Wildman–Crippen MR) is 147 cm³/mol. The molecule has 206 valence electrons. The quantitative estimate of drug-likeness (QED) is 0.139. The van der Waals surface area contributed by atoms with Gasteiger partial charge in [0.1, 0.15) is 6.04 Å². The molecule has 7 heteroatoms. The Balaban J connectivity index is 1.87. The van der Waals surface area contributed by atoms with E-state index >= 15 is 0 Å². The van der Waals surface area contributed by atoms with E-state index in [0.717, 1.165) is 48.9 Å². The number of halogens is 3. The number of esters is 1. The summed E-state index contributed by atoms with van der Waals surface area (Å²) < 4.78 is 43.8. The number of amides is 1. The van der Waals surface area contributed by atoms with E-state index in [1.165, 1.54) is 41.9 Å². The van der Waals surface area contributed by atoms with Gasteiger partial charge in [-0.25, -0.2) is 4.79 Å². The summed E-state index contributed by atoms with van der Waals surface area (Å²) >= 11 is 0. The van der Waals surface area contributed by atoms with Gasteiger partial charge in [-0.05, 0) is 53.3 Å². The smallest absolute Gasteiger partial charge is 0.416 e. The van der Waals surface area contributed by atoms with Gasteiger partial charge in [0.25, 0.3) is 0 Å². The van der Waals surface area contributed by atoms with Gasteiger partial charge in [0.05, 0.1) is 12.7 Å². The Labute approximate surface area is 228 Å². The van der Waals surface area contributed by atoms with Crippen molar-refractivity contribution in [2.24, 2.45) is 0 Å². The number of carbonyl (C=O) groups excluding carboxylic acids is 2. The number of aryl methyl sites for hydroxylation is 1. The number of hydrogen-bond acceptors (Lipinski definition) is 3. The number of rotatable bonds is 12. The third-order valence-corrected chi connectivity index (χ3v) is 6.51. The van der Waals surface area contributed by atoms with Crippen molar-refractivity contribution in [3.63, 3.8) is 0 Å². The zero-order valence-electron chi connectivity index (χ0n) is 22.3. The van der Waals surface area contributed by atoms with Crippen molar-refractivity contribution < 1.29 is 27.5 Å². The molecule has 0 saturated carbocycles. The summed E-state index contributed by atoms with van der Waals surface area (Å²) in [7, 11) is 1.28. The maximum Gasteiger partial charge on any atom is 0.416 e. The van der Waals surface area contributed by atoms with Crippen LogP contribution < -0.4 is 0 Å². The molecule has 0 saturated heterocycles. The average molecular weight is 538 g/mol. The van der Waals surface area contributed by atoms with E-state index in [2.05, 4.69) is 6.92 Å². The van der Waals surface area contributed by atoms with Crippen LogP contribution in [0.1, 0.15) is 54.0 Å². The molecule has 0 radical (unpaired) electrons. The Morgan fingerprint density at radius 1 is 0.872 bits per heavy atom. The molecule has 0 bridgehead atoms. The molecule has 0 aliphatic heterocycles. The van der Waals surface area contributed by atoms with Gasteiger partial charge in [0.15, 0.2) is 0 Å². The molecule has 3 rings (SSSR count). The normalized spacial score (nSPS) is 12.3. The van der Waals surface area contributed by atoms with E-state index < -0.39 is 29.7 Å². The molecular weight excluding hydrogens is 503 g/mol. The van der Waals surface area contributed by atoms with Crippen molar-refractivity contribution >= 4 is 18.0 Å². The lowest BCUT2D eigenvalue weighted by Crippen LogP contribution is -2.46.